The number of halogens is 11. The summed E-state index contributed by atoms with van der Waals surface area (Å²) in [6.07, 6.45) is -10.3. The Morgan fingerprint density at radius 2 is 1.12 bits per heavy atom. The highest BCUT2D eigenvalue weighted by molar-refractivity contribution is 5.66. The minimum Gasteiger partial charge on any atom is -0.429 e. The van der Waals surface area contributed by atoms with E-state index in [0.717, 1.165) is 12.1 Å². The Morgan fingerprint density at radius 3 is 1.64 bits per heavy atom. The molecule has 33 heavy (non-hydrogen) atoms. The fraction of sp³-hybridized carbons (Fsp3) is 0.143. The minimum absolute atomic E-state index is 0.162. The van der Waals surface area contributed by atoms with Crippen molar-refractivity contribution in [3.8, 4) is 16.9 Å². The van der Waals surface area contributed by atoms with Gasteiger partial charge in [0.15, 0.2) is 23.3 Å². The van der Waals surface area contributed by atoms with Crippen molar-refractivity contribution in [2.24, 2.45) is 0 Å². The fourth-order valence-electron chi connectivity index (χ4n) is 2.92. The van der Waals surface area contributed by atoms with E-state index in [0.29, 0.717) is 6.07 Å². The van der Waals surface area contributed by atoms with Gasteiger partial charge in [-0.2, -0.15) is 22.0 Å². The maximum absolute atomic E-state index is 14.4. The normalized spacial score (nSPS) is 12.2. The highest BCUT2D eigenvalue weighted by Gasteiger charge is 2.42. The lowest BCUT2D eigenvalue weighted by Crippen LogP contribution is -2.24. The van der Waals surface area contributed by atoms with Gasteiger partial charge < -0.3 is 4.74 Å². The molecule has 0 saturated heterocycles. The fourth-order valence-corrected chi connectivity index (χ4v) is 2.92. The van der Waals surface area contributed by atoms with E-state index in [-0.39, 0.29) is 23.8 Å². The molecular formula is C21H9F11O. The third kappa shape index (κ3) is 4.46. The number of benzene rings is 3. The van der Waals surface area contributed by atoms with Gasteiger partial charge in [-0.15, -0.1) is 0 Å². The van der Waals surface area contributed by atoms with Crippen molar-refractivity contribution in [3.05, 3.63) is 88.0 Å². The zero-order valence-electron chi connectivity index (χ0n) is 16.0. The van der Waals surface area contributed by atoms with Gasteiger partial charge in [0, 0.05) is 23.3 Å². The molecule has 0 heterocycles. The van der Waals surface area contributed by atoms with Gasteiger partial charge in [0.25, 0.3) is 0 Å². The zero-order chi connectivity index (χ0) is 24.9. The van der Waals surface area contributed by atoms with Gasteiger partial charge in [0.1, 0.15) is 28.5 Å². The van der Waals surface area contributed by atoms with E-state index >= 15 is 0 Å². The van der Waals surface area contributed by atoms with Crippen LogP contribution in [0.3, 0.4) is 0 Å². The SMILES string of the molecule is Cc1ccc(-c2ccc(C(F)(F)Oc3cc(F)c(C(F)(F)F)c(F)c3)c(F)c2F)c(F)c1F. The second kappa shape index (κ2) is 8.23. The first-order valence-electron chi connectivity index (χ1n) is 8.71. The van der Waals surface area contributed by atoms with Gasteiger partial charge in [-0.05, 0) is 18.6 Å². The van der Waals surface area contributed by atoms with Crippen molar-refractivity contribution >= 4 is 0 Å². The largest absolute Gasteiger partial charge is 0.429 e. The van der Waals surface area contributed by atoms with Gasteiger partial charge >= 0.3 is 12.3 Å². The summed E-state index contributed by atoms with van der Waals surface area (Å²) in [4.78, 5) is 0. The zero-order valence-corrected chi connectivity index (χ0v) is 16.0. The Labute approximate surface area is 178 Å². The number of hydrogen-bond donors (Lipinski definition) is 0. The van der Waals surface area contributed by atoms with Gasteiger partial charge in [0.05, 0.1) is 0 Å². The maximum Gasteiger partial charge on any atom is 0.429 e. The summed E-state index contributed by atoms with van der Waals surface area (Å²) in [5.41, 5.74) is -6.05. The van der Waals surface area contributed by atoms with Crippen molar-refractivity contribution in [1.29, 1.82) is 0 Å². The van der Waals surface area contributed by atoms with Crippen LogP contribution in [0.1, 0.15) is 16.7 Å². The summed E-state index contributed by atoms with van der Waals surface area (Å²) in [5, 5.41) is 0. The van der Waals surface area contributed by atoms with Crippen molar-refractivity contribution < 1.29 is 53.0 Å². The molecule has 0 amide bonds. The summed E-state index contributed by atoms with van der Waals surface area (Å²) < 4.78 is 154. The van der Waals surface area contributed by atoms with Crippen LogP contribution in [0.4, 0.5) is 48.3 Å². The van der Waals surface area contributed by atoms with Crippen LogP contribution in [0.25, 0.3) is 11.1 Å². The third-order valence-electron chi connectivity index (χ3n) is 4.51. The Balaban J connectivity index is 2.02. The molecule has 0 fully saturated rings. The van der Waals surface area contributed by atoms with E-state index in [4.69, 9.17) is 0 Å². The predicted molar refractivity (Wildman–Crippen MR) is 92.3 cm³/mol. The van der Waals surface area contributed by atoms with E-state index in [1.54, 1.807) is 0 Å². The van der Waals surface area contributed by atoms with Crippen molar-refractivity contribution in [1.82, 2.24) is 0 Å². The van der Waals surface area contributed by atoms with Crippen LogP contribution in [-0.2, 0) is 12.3 Å². The molecule has 0 aromatic heterocycles. The van der Waals surface area contributed by atoms with Crippen molar-refractivity contribution in [3.63, 3.8) is 0 Å². The molecule has 1 nitrogen and oxygen atoms in total. The summed E-state index contributed by atoms with van der Waals surface area (Å²) in [5.74, 6) is -13.3. The minimum atomic E-state index is -5.48. The van der Waals surface area contributed by atoms with Gasteiger partial charge in [-0.25, -0.2) is 26.3 Å². The molecule has 0 aliphatic rings. The first kappa shape index (κ1) is 24.3. The number of ether oxygens (including phenoxy) is 1. The molecule has 12 heteroatoms. The van der Waals surface area contributed by atoms with Crippen LogP contribution in [-0.4, -0.2) is 0 Å². The molecule has 0 atom stereocenters. The quantitative estimate of drug-likeness (QED) is 0.345. The van der Waals surface area contributed by atoms with Gasteiger partial charge in [-0.3, -0.25) is 0 Å². The number of rotatable bonds is 4. The molecule has 0 bridgehead atoms. The number of alkyl halides is 5. The molecule has 176 valence electrons. The Bertz CT molecular complexity index is 1210. The standard InChI is InChI=1S/C21H9F11O/c1-8-2-3-10(17(25)16(8)24)11-4-5-12(19(27)18(11)26)21(31,32)33-9-6-13(22)15(14(23)7-9)20(28,29)30/h2-7H,1H3. The Morgan fingerprint density at radius 1 is 0.636 bits per heavy atom. The van der Waals surface area contributed by atoms with Crippen LogP contribution in [0.15, 0.2) is 36.4 Å². The lowest BCUT2D eigenvalue weighted by Gasteiger charge is -2.20. The topological polar surface area (TPSA) is 9.23 Å². The molecule has 0 aliphatic carbocycles. The highest BCUT2D eigenvalue weighted by atomic mass is 19.4. The second-order valence-corrected chi connectivity index (χ2v) is 6.73. The summed E-state index contributed by atoms with van der Waals surface area (Å²) >= 11 is 0. The maximum atomic E-state index is 14.4. The van der Waals surface area contributed by atoms with Gasteiger partial charge in [-0.1, -0.05) is 18.2 Å². The lowest BCUT2D eigenvalue weighted by molar-refractivity contribution is -0.188. The third-order valence-corrected chi connectivity index (χ3v) is 4.51. The summed E-state index contributed by atoms with van der Waals surface area (Å²) in [7, 11) is 0. The number of hydrogen-bond acceptors (Lipinski definition) is 1. The van der Waals surface area contributed by atoms with Crippen LogP contribution in [0, 0.1) is 41.8 Å². The van der Waals surface area contributed by atoms with Crippen molar-refractivity contribution in [2.75, 3.05) is 0 Å². The first-order chi connectivity index (χ1) is 15.1. The van der Waals surface area contributed by atoms with E-state index < -0.39 is 75.2 Å². The molecule has 0 saturated carbocycles. The molecule has 3 rings (SSSR count). The monoisotopic (exact) mass is 486 g/mol. The molecule has 0 N–H and O–H groups in total. The van der Waals surface area contributed by atoms with E-state index in [1.807, 2.05) is 0 Å². The average molecular weight is 486 g/mol. The molecule has 0 aliphatic heterocycles. The summed E-state index contributed by atoms with van der Waals surface area (Å²) in [6.45, 7) is 1.19. The molecular weight excluding hydrogens is 477 g/mol. The van der Waals surface area contributed by atoms with Crippen LogP contribution < -0.4 is 4.74 Å². The molecule has 0 spiro atoms. The van der Waals surface area contributed by atoms with Gasteiger partial charge in [0.2, 0.25) is 0 Å². The first-order valence-corrected chi connectivity index (χ1v) is 8.71. The van der Waals surface area contributed by atoms with Crippen LogP contribution >= 0.6 is 0 Å². The highest BCUT2D eigenvalue weighted by Crippen LogP contribution is 2.40. The van der Waals surface area contributed by atoms with E-state index in [1.165, 1.54) is 6.92 Å². The predicted octanol–water partition coefficient (Wildman–Crippen LogP) is 7.64. The smallest absolute Gasteiger partial charge is 0.429 e. The summed E-state index contributed by atoms with van der Waals surface area (Å²) in [6, 6.07) is 2.20. The van der Waals surface area contributed by atoms with E-state index in [2.05, 4.69) is 4.74 Å². The van der Waals surface area contributed by atoms with E-state index in [9.17, 15) is 48.3 Å². The van der Waals surface area contributed by atoms with Crippen LogP contribution in [0.5, 0.6) is 5.75 Å². The second-order valence-electron chi connectivity index (χ2n) is 6.73. The van der Waals surface area contributed by atoms with Crippen molar-refractivity contribution in [2.45, 2.75) is 19.2 Å². The molecule has 3 aromatic carbocycles. The number of aryl methyl sites for hydroxylation is 1. The Kier molecular flexibility index (Phi) is 6.07. The van der Waals surface area contributed by atoms with Crippen LogP contribution in [0.2, 0.25) is 0 Å². The Hall–Kier alpha value is -3.31. The molecule has 0 radical (unpaired) electrons. The lowest BCUT2D eigenvalue weighted by atomic mass is 10.00. The molecule has 0 unspecified atom stereocenters. The average Bonchev–Trinajstić information content (AvgIpc) is 2.66. The molecule has 3 aromatic rings.